The van der Waals surface area contributed by atoms with Gasteiger partial charge in [0, 0.05) is 18.6 Å². The molecule has 0 aromatic heterocycles. The van der Waals surface area contributed by atoms with E-state index in [4.69, 9.17) is 0 Å². The maximum absolute atomic E-state index is 12.7. The lowest BCUT2D eigenvalue weighted by molar-refractivity contribution is 0.0765. The molecule has 0 amide bonds. The van der Waals surface area contributed by atoms with E-state index in [0.717, 1.165) is 38.5 Å². The van der Waals surface area contributed by atoms with Crippen LogP contribution in [0.1, 0.15) is 57.1 Å². The molecule has 1 aliphatic carbocycles. The van der Waals surface area contributed by atoms with Crippen molar-refractivity contribution in [2.45, 2.75) is 76.5 Å². The van der Waals surface area contributed by atoms with Gasteiger partial charge in [-0.1, -0.05) is 86.8 Å². The molecule has 3 atom stereocenters. The minimum absolute atomic E-state index is 0.00392. The zero-order chi connectivity index (χ0) is 23.7. The molecule has 1 fully saturated rings. The van der Waals surface area contributed by atoms with Crippen LogP contribution >= 0.6 is 0 Å². The molecule has 0 heterocycles. The molecule has 1 aliphatic rings. The number of sulfonamides is 1. The Morgan fingerprint density at radius 2 is 1.48 bits per heavy atom. The molecule has 0 bridgehead atoms. The highest BCUT2D eigenvalue weighted by atomic mass is 32.2. The average molecular weight is 473 g/mol. The first kappa shape index (κ1) is 25.9. The highest BCUT2D eigenvalue weighted by molar-refractivity contribution is 7.89. The molecule has 5 nitrogen and oxygen atoms in total. The van der Waals surface area contributed by atoms with Crippen LogP contribution in [-0.2, 0) is 22.9 Å². The summed E-state index contributed by atoms with van der Waals surface area (Å²) in [5, 5.41) is 14.5. The van der Waals surface area contributed by atoms with Crippen LogP contribution in [0, 0.1) is 5.92 Å². The minimum Gasteiger partial charge on any atom is -0.388 e. The van der Waals surface area contributed by atoms with Crippen LogP contribution in [0.3, 0.4) is 0 Å². The van der Waals surface area contributed by atoms with Crippen molar-refractivity contribution >= 4 is 10.0 Å². The van der Waals surface area contributed by atoms with Crippen molar-refractivity contribution in [2.75, 3.05) is 12.3 Å². The van der Waals surface area contributed by atoms with Gasteiger partial charge < -0.3 is 10.4 Å². The first-order valence-electron chi connectivity index (χ1n) is 12.3. The highest BCUT2D eigenvalue weighted by Crippen LogP contribution is 2.20. The van der Waals surface area contributed by atoms with Crippen molar-refractivity contribution < 1.29 is 13.5 Å². The van der Waals surface area contributed by atoms with Gasteiger partial charge in [-0.15, -0.1) is 0 Å². The van der Waals surface area contributed by atoms with Crippen LogP contribution in [-0.4, -0.2) is 43.5 Å². The number of aliphatic hydroxyl groups is 1. The maximum Gasteiger partial charge on any atom is 0.214 e. The Hall–Kier alpha value is -1.73. The second-order valence-corrected chi connectivity index (χ2v) is 11.8. The quantitative estimate of drug-likeness (QED) is 0.435. The molecule has 6 heteroatoms. The molecule has 1 saturated carbocycles. The van der Waals surface area contributed by atoms with Crippen molar-refractivity contribution in [3.05, 3.63) is 71.8 Å². The van der Waals surface area contributed by atoms with Crippen LogP contribution < -0.4 is 10.0 Å². The summed E-state index contributed by atoms with van der Waals surface area (Å²) in [5.74, 6) is 0.00890. The van der Waals surface area contributed by atoms with Crippen LogP contribution in [0.5, 0.6) is 0 Å². The third-order valence-corrected chi connectivity index (χ3v) is 8.28. The van der Waals surface area contributed by atoms with Gasteiger partial charge in [0.25, 0.3) is 0 Å². The fourth-order valence-electron chi connectivity index (χ4n) is 4.80. The van der Waals surface area contributed by atoms with E-state index in [2.05, 4.69) is 53.4 Å². The second-order valence-electron chi connectivity index (χ2n) is 10.1. The van der Waals surface area contributed by atoms with Gasteiger partial charge >= 0.3 is 0 Å². The molecule has 0 saturated heterocycles. The first-order valence-corrected chi connectivity index (χ1v) is 13.9. The fourth-order valence-corrected chi connectivity index (χ4v) is 6.55. The highest BCUT2D eigenvalue weighted by Gasteiger charge is 2.31. The van der Waals surface area contributed by atoms with Crippen molar-refractivity contribution in [1.29, 1.82) is 0 Å². The van der Waals surface area contributed by atoms with Crippen LogP contribution in [0.4, 0.5) is 0 Å². The third-order valence-electron chi connectivity index (χ3n) is 6.58. The maximum atomic E-state index is 12.7. The third kappa shape index (κ3) is 9.20. The van der Waals surface area contributed by atoms with Crippen LogP contribution in [0.25, 0.3) is 0 Å². The largest absolute Gasteiger partial charge is 0.388 e. The first-order chi connectivity index (χ1) is 15.7. The van der Waals surface area contributed by atoms with Gasteiger partial charge in [-0.25, -0.2) is 13.1 Å². The molecule has 2 aromatic carbocycles. The van der Waals surface area contributed by atoms with Gasteiger partial charge in [0.05, 0.1) is 11.4 Å². The van der Waals surface area contributed by atoms with Crippen LogP contribution in [0.15, 0.2) is 60.7 Å². The molecule has 0 spiro atoms. The summed E-state index contributed by atoms with van der Waals surface area (Å²) in [6, 6.07) is 20.8. The Kier molecular flexibility index (Phi) is 9.50. The molecule has 2 unspecified atom stereocenters. The van der Waals surface area contributed by atoms with E-state index in [9.17, 15) is 13.5 Å². The molecule has 0 aliphatic heterocycles. The molecule has 0 radical (unpaired) electrons. The number of benzene rings is 2. The summed E-state index contributed by atoms with van der Waals surface area (Å²) < 4.78 is 28.3. The topological polar surface area (TPSA) is 78.4 Å². The molecule has 3 rings (SSSR count). The van der Waals surface area contributed by atoms with E-state index in [1.54, 1.807) is 6.92 Å². The lowest BCUT2D eigenvalue weighted by Crippen LogP contribution is -2.51. The summed E-state index contributed by atoms with van der Waals surface area (Å²) in [6.07, 6.45) is 6.79. The average Bonchev–Trinajstić information content (AvgIpc) is 2.77. The van der Waals surface area contributed by atoms with E-state index >= 15 is 0 Å². The zero-order valence-electron chi connectivity index (χ0n) is 20.0. The summed E-state index contributed by atoms with van der Waals surface area (Å²) in [7, 11) is -3.55. The van der Waals surface area contributed by atoms with E-state index in [-0.39, 0.29) is 24.4 Å². The van der Waals surface area contributed by atoms with E-state index < -0.39 is 15.6 Å². The predicted octanol–water partition coefficient (Wildman–Crippen LogP) is 4.07. The Morgan fingerprint density at radius 3 is 2.06 bits per heavy atom. The smallest absolute Gasteiger partial charge is 0.214 e. The molecular formula is C27H40N2O3S. The minimum atomic E-state index is -3.55. The lowest BCUT2D eigenvalue weighted by atomic mass is 9.89. The second kappa shape index (κ2) is 12.1. The van der Waals surface area contributed by atoms with Gasteiger partial charge in [0.1, 0.15) is 0 Å². The lowest BCUT2D eigenvalue weighted by Gasteiger charge is -2.31. The Balaban J connectivity index is 1.62. The monoisotopic (exact) mass is 472 g/mol. The SMILES string of the molecule is CC(Cc1ccccc1)C(Cc1ccccc1)NC[C@@](C)(O)CS(=O)(=O)NC1CCCCC1. The van der Waals surface area contributed by atoms with Crippen molar-refractivity contribution in [3.63, 3.8) is 0 Å². The van der Waals surface area contributed by atoms with Crippen LogP contribution in [0.2, 0.25) is 0 Å². The van der Waals surface area contributed by atoms with Crippen molar-refractivity contribution in [1.82, 2.24) is 10.0 Å². The predicted molar refractivity (Wildman–Crippen MR) is 136 cm³/mol. The van der Waals surface area contributed by atoms with E-state index in [0.29, 0.717) is 5.92 Å². The van der Waals surface area contributed by atoms with E-state index in [1.807, 2.05) is 24.3 Å². The van der Waals surface area contributed by atoms with Crippen molar-refractivity contribution in [3.8, 4) is 0 Å². The Morgan fingerprint density at radius 1 is 0.939 bits per heavy atom. The number of hydrogen-bond acceptors (Lipinski definition) is 4. The van der Waals surface area contributed by atoms with Gasteiger partial charge in [-0.05, 0) is 49.7 Å². The van der Waals surface area contributed by atoms with Gasteiger partial charge in [0.2, 0.25) is 10.0 Å². The summed E-state index contributed by atoms with van der Waals surface area (Å²) in [6.45, 7) is 4.04. The molecule has 182 valence electrons. The van der Waals surface area contributed by atoms with E-state index in [1.165, 1.54) is 17.5 Å². The Bertz CT molecular complexity index is 926. The number of nitrogens with one attached hydrogen (secondary N) is 2. The normalized spacial score (nSPS) is 19.0. The molecule has 33 heavy (non-hydrogen) atoms. The fraction of sp³-hybridized carbons (Fsp3) is 0.556. The molecular weight excluding hydrogens is 432 g/mol. The van der Waals surface area contributed by atoms with Gasteiger partial charge in [-0.2, -0.15) is 0 Å². The number of hydrogen-bond donors (Lipinski definition) is 3. The van der Waals surface area contributed by atoms with Crippen molar-refractivity contribution in [2.24, 2.45) is 5.92 Å². The number of rotatable bonds is 12. The van der Waals surface area contributed by atoms with Gasteiger partial charge in [0.15, 0.2) is 0 Å². The standard InChI is InChI=1S/C27H40N2O3S/c1-22(18-23-12-6-3-7-13-23)26(19-24-14-8-4-9-15-24)28-20-27(2,30)21-33(31,32)29-25-16-10-5-11-17-25/h3-4,6-9,12-15,22,25-26,28-30H,5,10-11,16-21H2,1-2H3/t22?,26?,27-/m1/s1. The zero-order valence-corrected chi connectivity index (χ0v) is 20.9. The Labute approximate surface area is 200 Å². The summed E-state index contributed by atoms with van der Waals surface area (Å²) in [4.78, 5) is 0. The molecule has 3 N–H and O–H groups in total. The van der Waals surface area contributed by atoms with Gasteiger partial charge in [-0.3, -0.25) is 0 Å². The summed E-state index contributed by atoms with van der Waals surface area (Å²) in [5.41, 5.74) is 1.14. The molecule has 2 aromatic rings. The summed E-state index contributed by atoms with van der Waals surface area (Å²) >= 11 is 0.